The highest BCUT2D eigenvalue weighted by molar-refractivity contribution is 5.26. The number of nitrogens with two attached hydrogens (primary N) is 2. The number of hydrogen-bond acceptors (Lipinski definition) is 4. The van der Waals surface area contributed by atoms with Crippen LogP contribution in [0.3, 0.4) is 0 Å². The van der Waals surface area contributed by atoms with Gasteiger partial charge in [-0.1, -0.05) is 0 Å². The monoisotopic (exact) mass is 172 g/mol. The molecule has 0 radical (unpaired) electrons. The van der Waals surface area contributed by atoms with E-state index in [-0.39, 0.29) is 0 Å². The van der Waals surface area contributed by atoms with Crippen LogP contribution in [0.4, 0.5) is 10.2 Å². The third-order valence-electron chi connectivity index (χ3n) is 1.37. The van der Waals surface area contributed by atoms with E-state index in [1.807, 2.05) is 0 Å². The molecule has 12 heavy (non-hydrogen) atoms. The standard InChI is InChI=1S/C6H9FN4O/c1-3(8)11-2-4(7)5(9)10-6(11)12/h2-3H,8H2,1H3,(H2,9,10,12). The van der Waals surface area contributed by atoms with Crippen molar-refractivity contribution in [1.82, 2.24) is 9.55 Å². The first kappa shape index (κ1) is 8.66. The molecule has 1 aromatic heterocycles. The van der Waals surface area contributed by atoms with Gasteiger partial charge in [0.15, 0.2) is 11.6 Å². The molecule has 1 unspecified atom stereocenters. The summed E-state index contributed by atoms with van der Waals surface area (Å²) in [4.78, 5) is 14.2. The van der Waals surface area contributed by atoms with Crippen molar-refractivity contribution >= 4 is 5.82 Å². The molecule has 0 aliphatic carbocycles. The van der Waals surface area contributed by atoms with Gasteiger partial charge in [0.1, 0.15) is 0 Å². The molecule has 4 N–H and O–H groups in total. The second-order valence-electron chi connectivity index (χ2n) is 2.40. The third kappa shape index (κ3) is 1.42. The molecule has 0 saturated carbocycles. The molecule has 0 bridgehead atoms. The summed E-state index contributed by atoms with van der Waals surface area (Å²) in [7, 11) is 0. The van der Waals surface area contributed by atoms with Crippen LogP contribution in [-0.2, 0) is 0 Å². The van der Waals surface area contributed by atoms with Crippen LogP contribution in [0.2, 0.25) is 0 Å². The number of aromatic nitrogens is 2. The second kappa shape index (κ2) is 2.90. The quantitative estimate of drug-likeness (QED) is 0.594. The Labute approximate surface area is 67.8 Å². The Morgan fingerprint density at radius 2 is 2.33 bits per heavy atom. The molecule has 1 rings (SSSR count). The molecule has 1 heterocycles. The molecule has 0 aliphatic heterocycles. The molecule has 6 heteroatoms. The van der Waals surface area contributed by atoms with Crippen molar-refractivity contribution in [3.8, 4) is 0 Å². The average molecular weight is 172 g/mol. The van der Waals surface area contributed by atoms with E-state index in [1.165, 1.54) is 0 Å². The van der Waals surface area contributed by atoms with Crippen LogP contribution < -0.4 is 17.2 Å². The highest BCUT2D eigenvalue weighted by atomic mass is 19.1. The molecule has 0 fully saturated rings. The highest BCUT2D eigenvalue weighted by Gasteiger charge is 2.06. The van der Waals surface area contributed by atoms with Crippen LogP contribution in [0.1, 0.15) is 13.1 Å². The molecule has 0 spiro atoms. The molecule has 0 aromatic carbocycles. The van der Waals surface area contributed by atoms with E-state index in [0.29, 0.717) is 0 Å². The zero-order valence-electron chi connectivity index (χ0n) is 6.49. The Morgan fingerprint density at radius 1 is 1.75 bits per heavy atom. The van der Waals surface area contributed by atoms with E-state index in [1.54, 1.807) is 6.92 Å². The van der Waals surface area contributed by atoms with Gasteiger partial charge in [-0.2, -0.15) is 4.98 Å². The van der Waals surface area contributed by atoms with E-state index in [2.05, 4.69) is 4.98 Å². The van der Waals surface area contributed by atoms with Gasteiger partial charge in [-0.05, 0) is 6.92 Å². The Bertz CT molecular complexity index is 346. The summed E-state index contributed by atoms with van der Waals surface area (Å²) in [5.74, 6) is -1.15. The van der Waals surface area contributed by atoms with Crippen LogP contribution in [0, 0.1) is 5.82 Å². The van der Waals surface area contributed by atoms with Crippen LogP contribution in [0.5, 0.6) is 0 Å². The molecule has 1 atom stereocenters. The van der Waals surface area contributed by atoms with E-state index in [0.717, 1.165) is 10.8 Å². The maximum absolute atomic E-state index is 12.7. The average Bonchev–Trinajstić information content (AvgIpc) is 1.96. The largest absolute Gasteiger partial charge is 0.381 e. The van der Waals surface area contributed by atoms with Gasteiger partial charge in [0, 0.05) is 6.20 Å². The van der Waals surface area contributed by atoms with Crippen molar-refractivity contribution in [1.29, 1.82) is 0 Å². The van der Waals surface area contributed by atoms with E-state index in [9.17, 15) is 9.18 Å². The summed E-state index contributed by atoms with van der Waals surface area (Å²) in [5, 5.41) is 0. The Hall–Kier alpha value is -1.43. The van der Waals surface area contributed by atoms with E-state index >= 15 is 0 Å². The van der Waals surface area contributed by atoms with Gasteiger partial charge >= 0.3 is 5.69 Å². The summed E-state index contributed by atoms with van der Waals surface area (Å²) in [6.07, 6.45) is 0.329. The number of rotatable bonds is 1. The fourth-order valence-electron chi connectivity index (χ4n) is 0.749. The highest BCUT2D eigenvalue weighted by Crippen LogP contribution is 2.02. The first-order chi connectivity index (χ1) is 5.52. The minimum absolute atomic E-state index is 0.406. The van der Waals surface area contributed by atoms with E-state index in [4.69, 9.17) is 11.5 Å². The molecule has 0 aliphatic rings. The van der Waals surface area contributed by atoms with Gasteiger partial charge in [0.05, 0.1) is 6.17 Å². The van der Waals surface area contributed by atoms with Crippen molar-refractivity contribution in [2.45, 2.75) is 13.1 Å². The van der Waals surface area contributed by atoms with Crippen molar-refractivity contribution < 1.29 is 4.39 Å². The SMILES string of the molecule is CC(N)n1cc(F)c(N)nc1=O. The second-order valence-corrected chi connectivity index (χ2v) is 2.40. The zero-order valence-corrected chi connectivity index (χ0v) is 6.49. The van der Waals surface area contributed by atoms with Gasteiger partial charge in [-0.15, -0.1) is 0 Å². The number of nitrogens with zero attached hydrogens (tertiary/aromatic N) is 2. The van der Waals surface area contributed by atoms with Crippen LogP contribution in [0.15, 0.2) is 11.0 Å². The first-order valence-electron chi connectivity index (χ1n) is 3.32. The van der Waals surface area contributed by atoms with Crippen molar-refractivity contribution in [3.63, 3.8) is 0 Å². The van der Waals surface area contributed by atoms with Gasteiger partial charge in [0.25, 0.3) is 0 Å². The summed E-state index contributed by atoms with van der Waals surface area (Å²) < 4.78 is 13.7. The summed E-state index contributed by atoms with van der Waals surface area (Å²) >= 11 is 0. The fraction of sp³-hybridized carbons (Fsp3) is 0.333. The number of halogens is 1. The van der Waals surface area contributed by atoms with Crippen LogP contribution in [0.25, 0.3) is 0 Å². The lowest BCUT2D eigenvalue weighted by molar-refractivity contribution is 0.507. The number of nitrogen functional groups attached to an aromatic ring is 1. The lowest BCUT2D eigenvalue weighted by Crippen LogP contribution is -2.30. The van der Waals surface area contributed by atoms with Gasteiger partial charge in [0.2, 0.25) is 0 Å². The minimum Gasteiger partial charge on any atom is -0.381 e. The predicted molar refractivity (Wildman–Crippen MR) is 41.8 cm³/mol. The molecule has 1 aromatic rings. The minimum atomic E-state index is -0.744. The summed E-state index contributed by atoms with van der Waals surface area (Å²) in [6, 6.07) is 0. The van der Waals surface area contributed by atoms with Gasteiger partial charge < -0.3 is 11.5 Å². The van der Waals surface area contributed by atoms with Crippen LogP contribution in [-0.4, -0.2) is 9.55 Å². The third-order valence-corrected chi connectivity index (χ3v) is 1.37. The summed E-state index contributed by atoms with van der Waals surface area (Å²) in [6.45, 7) is 1.54. The normalized spacial score (nSPS) is 12.9. The molecule has 66 valence electrons. The lowest BCUT2D eigenvalue weighted by Gasteiger charge is -2.08. The maximum Gasteiger partial charge on any atom is 0.350 e. The smallest absolute Gasteiger partial charge is 0.350 e. The van der Waals surface area contributed by atoms with Crippen molar-refractivity contribution in [3.05, 3.63) is 22.5 Å². The number of anilines is 1. The molecule has 5 nitrogen and oxygen atoms in total. The van der Waals surface area contributed by atoms with Crippen molar-refractivity contribution in [2.24, 2.45) is 5.73 Å². The Kier molecular flexibility index (Phi) is 2.09. The lowest BCUT2D eigenvalue weighted by atomic mass is 10.5. The molecule has 0 saturated heterocycles. The van der Waals surface area contributed by atoms with Gasteiger partial charge in [-0.25, -0.2) is 9.18 Å². The van der Waals surface area contributed by atoms with E-state index < -0.39 is 23.5 Å². The maximum atomic E-state index is 12.7. The fourth-order valence-corrected chi connectivity index (χ4v) is 0.749. The first-order valence-corrected chi connectivity index (χ1v) is 3.32. The molecular weight excluding hydrogens is 163 g/mol. The zero-order chi connectivity index (χ0) is 9.30. The van der Waals surface area contributed by atoms with Crippen LogP contribution >= 0.6 is 0 Å². The molecular formula is C6H9FN4O. The van der Waals surface area contributed by atoms with Crippen molar-refractivity contribution in [2.75, 3.05) is 5.73 Å². The molecule has 0 amide bonds. The van der Waals surface area contributed by atoms with Gasteiger partial charge in [-0.3, -0.25) is 4.57 Å². The topological polar surface area (TPSA) is 86.9 Å². The predicted octanol–water partition coefficient (Wildman–Crippen LogP) is -0.558. The summed E-state index contributed by atoms with van der Waals surface area (Å²) in [5.41, 5.74) is 9.75. The number of hydrogen-bond donors (Lipinski definition) is 2. The Morgan fingerprint density at radius 3 is 2.83 bits per heavy atom. The Balaban J connectivity index is 3.33.